The molecule has 0 bridgehead atoms. The molecule has 3 rings (SSSR count). The molecule has 0 spiro atoms. The second-order valence-electron chi connectivity index (χ2n) is 6.47. The first-order chi connectivity index (χ1) is 9.11. The Balaban J connectivity index is 2.06. The van der Waals surface area contributed by atoms with Crippen LogP contribution in [-0.4, -0.2) is 17.3 Å². The maximum Gasteiger partial charge on any atom is 0.100 e. The quantitative estimate of drug-likeness (QED) is 0.752. The lowest BCUT2D eigenvalue weighted by Crippen LogP contribution is -2.55. The molecule has 0 unspecified atom stereocenters. The molecule has 1 saturated carbocycles. The molecule has 0 saturated heterocycles. The van der Waals surface area contributed by atoms with Crippen LogP contribution in [0.15, 0.2) is 23.0 Å². The van der Waals surface area contributed by atoms with Gasteiger partial charge in [0.05, 0.1) is 5.60 Å². The Morgan fingerprint density at radius 3 is 2.84 bits per heavy atom. The van der Waals surface area contributed by atoms with Gasteiger partial charge in [-0.15, -0.1) is 0 Å². The Hall–Kier alpha value is -0.670. The molecule has 3 aliphatic rings. The van der Waals surface area contributed by atoms with Gasteiger partial charge < -0.3 is 10.8 Å². The molecule has 3 N–H and O–H groups in total. The third-order valence-corrected chi connectivity index (χ3v) is 5.67. The van der Waals surface area contributed by atoms with Crippen molar-refractivity contribution in [2.24, 2.45) is 11.1 Å². The Morgan fingerprint density at radius 1 is 1.26 bits per heavy atom. The van der Waals surface area contributed by atoms with Crippen LogP contribution in [0.3, 0.4) is 0 Å². The van der Waals surface area contributed by atoms with Crippen LogP contribution >= 0.6 is 0 Å². The second kappa shape index (κ2) is 4.71. The predicted molar refractivity (Wildman–Crippen MR) is 74.2 cm³/mol. The zero-order valence-corrected chi connectivity index (χ0v) is 11.6. The number of hydrogen-bond acceptors (Lipinski definition) is 2. The number of aliphatic hydroxyl groups is 1. The highest BCUT2D eigenvalue weighted by atomic mass is 19.1. The van der Waals surface area contributed by atoms with Gasteiger partial charge in [0.15, 0.2) is 0 Å². The summed E-state index contributed by atoms with van der Waals surface area (Å²) in [5, 5.41) is 11.2. The van der Waals surface area contributed by atoms with Crippen LogP contribution in [0.4, 0.5) is 4.39 Å². The first-order valence-corrected chi connectivity index (χ1v) is 7.60. The number of nitrogens with two attached hydrogens (primary N) is 1. The fourth-order valence-corrected chi connectivity index (χ4v) is 4.71. The minimum Gasteiger partial charge on any atom is -0.389 e. The molecule has 0 aliphatic heterocycles. The minimum atomic E-state index is -0.638. The lowest BCUT2D eigenvalue weighted by Gasteiger charge is -2.56. The van der Waals surface area contributed by atoms with Crippen molar-refractivity contribution in [3.63, 3.8) is 0 Å². The number of hydrogen-bond donors (Lipinski definition) is 2. The van der Waals surface area contributed by atoms with Gasteiger partial charge in [0.25, 0.3) is 0 Å². The molecule has 19 heavy (non-hydrogen) atoms. The predicted octanol–water partition coefficient (Wildman–Crippen LogP) is 3.36. The van der Waals surface area contributed by atoms with Gasteiger partial charge in [0.2, 0.25) is 0 Å². The third kappa shape index (κ3) is 1.90. The topological polar surface area (TPSA) is 46.2 Å². The maximum atomic E-state index is 13.8. The van der Waals surface area contributed by atoms with Gasteiger partial charge in [-0.3, -0.25) is 0 Å². The Bertz CT molecular complexity index is 438. The molecule has 3 aliphatic carbocycles. The average molecular weight is 265 g/mol. The Labute approximate surface area is 114 Å². The molecule has 0 aromatic carbocycles. The molecule has 0 aromatic rings. The number of halogens is 1. The van der Waals surface area contributed by atoms with Gasteiger partial charge in [0, 0.05) is 11.8 Å². The lowest BCUT2D eigenvalue weighted by atomic mass is 9.51. The summed E-state index contributed by atoms with van der Waals surface area (Å²) >= 11 is 0. The average Bonchev–Trinajstić information content (AvgIpc) is 2.40. The van der Waals surface area contributed by atoms with Crippen LogP contribution in [0.5, 0.6) is 0 Å². The molecule has 0 amide bonds. The van der Waals surface area contributed by atoms with Crippen LogP contribution in [0, 0.1) is 5.41 Å². The van der Waals surface area contributed by atoms with E-state index in [4.69, 9.17) is 5.73 Å². The van der Waals surface area contributed by atoms with Gasteiger partial charge in [0.1, 0.15) is 5.83 Å². The molecule has 3 heteroatoms. The van der Waals surface area contributed by atoms with Crippen molar-refractivity contribution in [3.8, 4) is 0 Å². The smallest absolute Gasteiger partial charge is 0.100 e. The van der Waals surface area contributed by atoms with E-state index < -0.39 is 5.60 Å². The van der Waals surface area contributed by atoms with E-state index >= 15 is 0 Å². The normalized spacial score (nSPS) is 38.6. The van der Waals surface area contributed by atoms with E-state index in [0.717, 1.165) is 51.4 Å². The number of allylic oxidation sites excluding steroid dienone is 3. The van der Waals surface area contributed by atoms with Crippen LogP contribution < -0.4 is 5.73 Å². The standard InChI is InChI=1S/C16H24FNO/c17-13-4-3-12-5-8-16(19)7-2-1-6-15(16,9-10-18)14(12)11-13/h4,19H,1-3,5-11,18H2/t15-,16+/m0/s1. The van der Waals surface area contributed by atoms with E-state index in [0.29, 0.717) is 13.0 Å². The maximum absolute atomic E-state index is 13.8. The zero-order chi connectivity index (χ0) is 13.5. The van der Waals surface area contributed by atoms with E-state index in [-0.39, 0.29) is 11.2 Å². The monoisotopic (exact) mass is 265 g/mol. The highest BCUT2D eigenvalue weighted by Gasteiger charge is 2.55. The van der Waals surface area contributed by atoms with Crippen LogP contribution in [0.2, 0.25) is 0 Å². The first kappa shape index (κ1) is 13.3. The number of fused-ring (bicyclic) bond motifs is 2. The van der Waals surface area contributed by atoms with E-state index in [1.165, 1.54) is 11.1 Å². The summed E-state index contributed by atoms with van der Waals surface area (Å²) in [5.41, 5.74) is 7.54. The van der Waals surface area contributed by atoms with Gasteiger partial charge >= 0.3 is 0 Å². The largest absolute Gasteiger partial charge is 0.389 e. The van der Waals surface area contributed by atoms with E-state index in [2.05, 4.69) is 0 Å². The van der Waals surface area contributed by atoms with Crippen molar-refractivity contribution >= 4 is 0 Å². The minimum absolute atomic E-state index is 0.0232. The van der Waals surface area contributed by atoms with Gasteiger partial charge in [-0.1, -0.05) is 24.0 Å². The summed E-state index contributed by atoms with van der Waals surface area (Å²) in [5.74, 6) is -0.0232. The van der Waals surface area contributed by atoms with Gasteiger partial charge in [-0.25, -0.2) is 4.39 Å². The molecule has 0 aromatic heterocycles. The third-order valence-electron chi connectivity index (χ3n) is 5.67. The summed E-state index contributed by atoms with van der Waals surface area (Å²) in [6.45, 7) is 0.574. The van der Waals surface area contributed by atoms with Crippen molar-refractivity contribution in [2.75, 3.05) is 6.54 Å². The zero-order valence-electron chi connectivity index (χ0n) is 11.6. The molecule has 106 valence electrons. The number of rotatable bonds is 2. The van der Waals surface area contributed by atoms with Gasteiger partial charge in [-0.05, 0) is 51.1 Å². The van der Waals surface area contributed by atoms with Crippen LogP contribution in [0.25, 0.3) is 0 Å². The van der Waals surface area contributed by atoms with Crippen molar-refractivity contribution in [2.45, 2.75) is 63.4 Å². The summed E-state index contributed by atoms with van der Waals surface area (Å²) in [4.78, 5) is 0. The molecular formula is C16H24FNO. The van der Waals surface area contributed by atoms with Crippen molar-refractivity contribution in [1.29, 1.82) is 0 Å². The van der Waals surface area contributed by atoms with Crippen molar-refractivity contribution in [3.05, 3.63) is 23.0 Å². The SMILES string of the molecule is NCC[C@]12CCCC[C@@]1(O)CCC1=C2CC(F)=CC1. The van der Waals surface area contributed by atoms with Crippen molar-refractivity contribution in [1.82, 2.24) is 0 Å². The fourth-order valence-electron chi connectivity index (χ4n) is 4.71. The highest BCUT2D eigenvalue weighted by molar-refractivity contribution is 5.38. The lowest BCUT2D eigenvalue weighted by molar-refractivity contribution is -0.112. The van der Waals surface area contributed by atoms with E-state index in [9.17, 15) is 9.50 Å². The first-order valence-electron chi connectivity index (χ1n) is 7.60. The Kier molecular flexibility index (Phi) is 3.30. The van der Waals surface area contributed by atoms with E-state index in [1.807, 2.05) is 0 Å². The van der Waals surface area contributed by atoms with E-state index in [1.54, 1.807) is 6.08 Å². The molecule has 0 heterocycles. The van der Waals surface area contributed by atoms with Crippen LogP contribution in [-0.2, 0) is 0 Å². The molecular weight excluding hydrogens is 241 g/mol. The fraction of sp³-hybridized carbons (Fsp3) is 0.750. The summed E-state index contributed by atoms with van der Waals surface area (Å²) in [6.07, 6.45) is 9.48. The van der Waals surface area contributed by atoms with Crippen LogP contribution in [0.1, 0.15) is 57.8 Å². The van der Waals surface area contributed by atoms with Crippen molar-refractivity contribution < 1.29 is 9.50 Å². The highest BCUT2D eigenvalue weighted by Crippen LogP contribution is 2.60. The van der Waals surface area contributed by atoms with Gasteiger partial charge in [-0.2, -0.15) is 0 Å². The summed E-state index contributed by atoms with van der Waals surface area (Å²) in [7, 11) is 0. The molecule has 0 radical (unpaired) electrons. The summed E-state index contributed by atoms with van der Waals surface area (Å²) < 4.78 is 13.8. The molecule has 2 nitrogen and oxygen atoms in total. The molecule has 2 atom stereocenters. The summed E-state index contributed by atoms with van der Waals surface area (Å²) in [6, 6.07) is 0. The molecule has 1 fully saturated rings. The Morgan fingerprint density at radius 2 is 2.05 bits per heavy atom. The second-order valence-corrected chi connectivity index (χ2v) is 6.47.